The second-order valence-corrected chi connectivity index (χ2v) is 4.11. The molecule has 5 nitrogen and oxygen atoms in total. The summed E-state index contributed by atoms with van der Waals surface area (Å²) in [6.45, 7) is 1.18. The summed E-state index contributed by atoms with van der Waals surface area (Å²) in [4.78, 5) is 11.1. The lowest BCUT2D eigenvalue weighted by Gasteiger charge is -2.14. The predicted molar refractivity (Wildman–Crippen MR) is 73.1 cm³/mol. The molecule has 0 amide bonds. The molecule has 2 aromatic carbocycles. The molecule has 0 saturated heterocycles. The molecule has 2 rings (SSSR count). The largest absolute Gasteiger partial charge is 0.504 e. The molecule has 0 aliphatic heterocycles. The molecule has 0 fully saturated rings. The highest BCUT2D eigenvalue weighted by Crippen LogP contribution is 2.48. The lowest BCUT2D eigenvalue weighted by atomic mass is 10.0. The maximum atomic E-state index is 11.1. The van der Waals surface area contributed by atoms with Crippen LogP contribution in [0.1, 0.15) is 6.92 Å². The summed E-state index contributed by atoms with van der Waals surface area (Å²) in [6.07, 6.45) is 0. The predicted octanol–water partition coefficient (Wildman–Crippen LogP) is 2.70. The maximum absolute atomic E-state index is 11.1. The van der Waals surface area contributed by atoms with Crippen molar-refractivity contribution in [3.8, 4) is 34.1 Å². The number of phenolic OH excluding ortho intramolecular Hbond substituents is 2. The normalized spacial score (nSPS) is 10.1. The second kappa shape index (κ2) is 5.52. The number of carbonyl (C=O) groups excluding carboxylic acids is 1. The molecule has 2 N–H and O–H groups in total. The molecule has 0 unspecified atom stereocenters. The molecule has 0 aliphatic carbocycles. The summed E-state index contributed by atoms with van der Waals surface area (Å²) in [5.41, 5.74) is 1.10. The third-order valence-electron chi connectivity index (χ3n) is 2.74. The van der Waals surface area contributed by atoms with Crippen LogP contribution in [0.15, 0.2) is 36.4 Å². The van der Waals surface area contributed by atoms with Gasteiger partial charge in [0.15, 0.2) is 11.5 Å². The van der Waals surface area contributed by atoms with E-state index in [1.807, 2.05) is 6.07 Å². The van der Waals surface area contributed by atoms with Crippen LogP contribution in [0.5, 0.6) is 23.0 Å². The molecule has 0 radical (unpaired) electrons. The summed E-state index contributed by atoms with van der Waals surface area (Å²) in [5, 5.41) is 20.1. The summed E-state index contributed by atoms with van der Waals surface area (Å²) in [6, 6.07) is 10.5. The first-order chi connectivity index (χ1) is 9.54. The smallest absolute Gasteiger partial charge is 0.308 e. The number of methoxy groups -OCH3 is 1. The Labute approximate surface area is 116 Å². The second-order valence-electron chi connectivity index (χ2n) is 4.11. The van der Waals surface area contributed by atoms with E-state index in [0.717, 1.165) is 0 Å². The van der Waals surface area contributed by atoms with Gasteiger partial charge in [-0.15, -0.1) is 0 Å². The first-order valence-corrected chi connectivity index (χ1v) is 5.91. The summed E-state index contributed by atoms with van der Waals surface area (Å²) >= 11 is 0. The Bertz CT molecular complexity index is 634. The Kier molecular flexibility index (Phi) is 3.79. The van der Waals surface area contributed by atoms with Gasteiger partial charge in [0.1, 0.15) is 0 Å². The molecule has 0 aromatic heterocycles. The van der Waals surface area contributed by atoms with E-state index in [-0.39, 0.29) is 17.2 Å². The number of hydrogen-bond donors (Lipinski definition) is 2. The van der Waals surface area contributed by atoms with E-state index in [1.165, 1.54) is 20.1 Å². The van der Waals surface area contributed by atoms with Crippen LogP contribution < -0.4 is 9.47 Å². The highest BCUT2D eigenvalue weighted by atomic mass is 16.5. The summed E-state index contributed by atoms with van der Waals surface area (Å²) in [5.74, 6) is -1.58. The van der Waals surface area contributed by atoms with Crippen molar-refractivity contribution in [1.29, 1.82) is 0 Å². The van der Waals surface area contributed by atoms with Crippen LogP contribution in [0, 0.1) is 0 Å². The lowest BCUT2D eigenvalue weighted by molar-refractivity contribution is -0.132. The lowest BCUT2D eigenvalue weighted by Crippen LogP contribution is -2.03. The highest BCUT2D eigenvalue weighted by molar-refractivity contribution is 5.81. The Morgan fingerprint density at radius 1 is 1.10 bits per heavy atom. The number of esters is 1. The van der Waals surface area contributed by atoms with E-state index in [2.05, 4.69) is 0 Å². The first kappa shape index (κ1) is 13.7. The number of carbonyl (C=O) groups is 1. The highest BCUT2D eigenvalue weighted by Gasteiger charge is 2.21. The van der Waals surface area contributed by atoms with Crippen molar-refractivity contribution < 1.29 is 24.5 Å². The molecular weight excluding hydrogens is 260 g/mol. The molecule has 5 heteroatoms. The molecule has 0 saturated carbocycles. The van der Waals surface area contributed by atoms with Crippen LogP contribution in [0.4, 0.5) is 0 Å². The maximum Gasteiger partial charge on any atom is 0.308 e. The minimum atomic E-state index is -0.650. The molecule has 0 spiro atoms. The molecule has 0 aliphatic rings. The first-order valence-electron chi connectivity index (χ1n) is 5.91. The van der Waals surface area contributed by atoms with Crippen LogP contribution >= 0.6 is 0 Å². The Morgan fingerprint density at radius 2 is 1.75 bits per heavy atom. The monoisotopic (exact) mass is 274 g/mol. The number of rotatable bonds is 3. The zero-order chi connectivity index (χ0) is 14.7. The van der Waals surface area contributed by atoms with Gasteiger partial charge in [0, 0.05) is 12.5 Å². The Morgan fingerprint density at radius 3 is 2.30 bits per heavy atom. The summed E-state index contributed by atoms with van der Waals surface area (Å²) < 4.78 is 9.89. The Balaban J connectivity index is 2.67. The summed E-state index contributed by atoms with van der Waals surface area (Å²) in [7, 11) is 1.37. The van der Waals surface area contributed by atoms with Gasteiger partial charge >= 0.3 is 5.97 Å². The molecule has 0 atom stereocenters. The average Bonchev–Trinajstić information content (AvgIpc) is 2.44. The van der Waals surface area contributed by atoms with Crippen molar-refractivity contribution in [3.63, 3.8) is 0 Å². The fraction of sp³-hybridized carbons (Fsp3) is 0.133. The molecule has 2 aromatic rings. The van der Waals surface area contributed by atoms with Gasteiger partial charge in [-0.3, -0.25) is 4.79 Å². The van der Waals surface area contributed by atoms with Gasteiger partial charge in [-0.25, -0.2) is 0 Å². The van der Waals surface area contributed by atoms with E-state index in [1.54, 1.807) is 24.3 Å². The topological polar surface area (TPSA) is 76.0 Å². The van der Waals surface area contributed by atoms with Gasteiger partial charge < -0.3 is 19.7 Å². The van der Waals surface area contributed by atoms with Crippen molar-refractivity contribution in [2.45, 2.75) is 6.92 Å². The van der Waals surface area contributed by atoms with Crippen LogP contribution in [-0.2, 0) is 4.79 Å². The molecule has 20 heavy (non-hydrogen) atoms. The van der Waals surface area contributed by atoms with Crippen LogP contribution in [0.25, 0.3) is 11.1 Å². The molecule has 0 heterocycles. The van der Waals surface area contributed by atoms with E-state index >= 15 is 0 Å². The van der Waals surface area contributed by atoms with Crippen molar-refractivity contribution in [2.24, 2.45) is 0 Å². The fourth-order valence-electron chi connectivity index (χ4n) is 1.85. The van der Waals surface area contributed by atoms with Crippen molar-refractivity contribution in [1.82, 2.24) is 0 Å². The van der Waals surface area contributed by atoms with Crippen LogP contribution in [0.3, 0.4) is 0 Å². The average molecular weight is 274 g/mol. The van der Waals surface area contributed by atoms with Crippen molar-refractivity contribution in [3.05, 3.63) is 36.4 Å². The van der Waals surface area contributed by atoms with Gasteiger partial charge in [0.25, 0.3) is 0 Å². The number of aromatic hydroxyl groups is 2. The van der Waals surface area contributed by atoms with E-state index < -0.39 is 11.7 Å². The number of phenols is 2. The Hall–Kier alpha value is -2.69. The number of benzene rings is 2. The van der Waals surface area contributed by atoms with Crippen LogP contribution in [-0.4, -0.2) is 23.3 Å². The SMILES string of the molecule is COc1cc(-c2ccccc2)c(O)c(OC(C)=O)c1O. The van der Waals surface area contributed by atoms with Crippen molar-refractivity contribution in [2.75, 3.05) is 7.11 Å². The molecule has 0 bridgehead atoms. The fourth-order valence-corrected chi connectivity index (χ4v) is 1.85. The van der Waals surface area contributed by atoms with Gasteiger partial charge in [-0.2, -0.15) is 0 Å². The minimum Gasteiger partial charge on any atom is -0.504 e. The van der Waals surface area contributed by atoms with Gasteiger partial charge in [0.05, 0.1) is 7.11 Å². The minimum absolute atomic E-state index is 0.109. The van der Waals surface area contributed by atoms with E-state index in [9.17, 15) is 15.0 Å². The van der Waals surface area contributed by atoms with E-state index in [4.69, 9.17) is 9.47 Å². The zero-order valence-electron chi connectivity index (χ0n) is 11.1. The van der Waals surface area contributed by atoms with Gasteiger partial charge in [-0.05, 0) is 11.6 Å². The number of hydrogen-bond acceptors (Lipinski definition) is 5. The standard InChI is InChI=1S/C15H14O5/c1-9(16)20-15-13(17)11(8-12(19-2)14(15)18)10-6-4-3-5-7-10/h3-8,17-18H,1-2H3. The third-order valence-corrected chi connectivity index (χ3v) is 2.74. The third kappa shape index (κ3) is 2.51. The van der Waals surface area contributed by atoms with Gasteiger partial charge in [-0.1, -0.05) is 30.3 Å². The van der Waals surface area contributed by atoms with Gasteiger partial charge in [0.2, 0.25) is 11.5 Å². The quantitative estimate of drug-likeness (QED) is 0.664. The molecular formula is C15H14O5. The zero-order valence-corrected chi connectivity index (χ0v) is 11.1. The number of ether oxygens (including phenoxy) is 2. The molecule has 104 valence electrons. The van der Waals surface area contributed by atoms with Crippen LogP contribution in [0.2, 0.25) is 0 Å². The van der Waals surface area contributed by atoms with E-state index in [0.29, 0.717) is 11.1 Å². The van der Waals surface area contributed by atoms with Crippen molar-refractivity contribution >= 4 is 5.97 Å².